The van der Waals surface area contributed by atoms with Gasteiger partial charge in [-0.3, -0.25) is 4.79 Å². The van der Waals surface area contributed by atoms with Crippen molar-refractivity contribution >= 4 is 22.6 Å². The van der Waals surface area contributed by atoms with E-state index in [0.717, 1.165) is 22.1 Å². The van der Waals surface area contributed by atoms with Crippen LogP contribution in [0.15, 0.2) is 72.8 Å². The zero-order valence-corrected chi connectivity index (χ0v) is 14.1. The van der Waals surface area contributed by atoms with Crippen molar-refractivity contribution in [1.82, 2.24) is 0 Å². The van der Waals surface area contributed by atoms with Gasteiger partial charge in [0.2, 0.25) is 0 Å². The Bertz CT molecular complexity index is 896. The molecule has 3 rings (SSSR count). The van der Waals surface area contributed by atoms with Crippen molar-refractivity contribution in [3.63, 3.8) is 0 Å². The highest BCUT2D eigenvalue weighted by Gasteiger charge is 2.03. The van der Waals surface area contributed by atoms with Crippen LogP contribution < -0.4 is 4.74 Å². The maximum atomic E-state index is 12.4. The molecule has 0 aromatic heterocycles. The largest absolute Gasteiger partial charge is 0.491 e. The summed E-state index contributed by atoms with van der Waals surface area (Å²) in [6.07, 6.45) is 3.40. The highest BCUT2D eigenvalue weighted by molar-refractivity contribution is 6.08. The van der Waals surface area contributed by atoms with E-state index in [9.17, 15) is 4.79 Å². The summed E-state index contributed by atoms with van der Waals surface area (Å²) >= 11 is 0. The van der Waals surface area contributed by atoms with Gasteiger partial charge < -0.3 is 9.47 Å². The number of hydrogen-bond acceptors (Lipinski definition) is 3. The zero-order chi connectivity index (χ0) is 17.5. The van der Waals surface area contributed by atoms with E-state index >= 15 is 0 Å². The molecule has 0 fully saturated rings. The molecule has 3 aromatic rings. The molecule has 0 spiro atoms. The highest BCUT2D eigenvalue weighted by Crippen LogP contribution is 2.18. The predicted octanol–water partition coefficient (Wildman–Crippen LogP) is 4.76. The smallest absolute Gasteiger partial charge is 0.185 e. The predicted molar refractivity (Wildman–Crippen MR) is 101 cm³/mol. The van der Waals surface area contributed by atoms with Gasteiger partial charge in [0.25, 0.3) is 0 Å². The summed E-state index contributed by atoms with van der Waals surface area (Å²) in [5, 5.41) is 2.19. The zero-order valence-electron chi connectivity index (χ0n) is 14.1. The molecule has 0 radical (unpaired) electrons. The van der Waals surface area contributed by atoms with Crippen LogP contribution in [0.3, 0.4) is 0 Å². The molecular weight excluding hydrogens is 312 g/mol. The van der Waals surface area contributed by atoms with Gasteiger partial charge in [-0.1, -0.05) is 54.6 Å². The molecular formula is C22H20O3. The van der Waals surface area contributed by atoms with Crippen LogP contribution in [-0.2, 0) is 4.74 Å². The van der Waals surface area contributed by atoms with E-state index in [1.54, 1.807) is 19.3 Å². The summed E-state index contributed by atoms with van der Waals surface area (Å²) in [7, 11) is 1.64. The quantitative estimate of drug-likeness (QED) is 0.355. The molecule has 3 aromatic carbocycles. The molecule has 0 aliphatic rings. The van der Waals surface area contributed by atoms with E-state index in [-0.39, 0.29) is 5.78 Å². The number of allylic oxidation sites excluding steroid dienone is 1. The molecule has 126 valence electrons. The third-order valence-corrected chi connectivity index (χ3v) is 3.88. The Balaban J connectivity index is 1.72. The first-order valence-corrected chi connectivity index (χ1v) is 8.19. The summed E-state index contributed by atoms with van der Waals surface area (Å²) < 4.78 is 10.6. The van der Waals surface area contributed by atoms with E-state index in [0.29, 0.717) is 18.8 Å². The Labute approximate surface area is 147 Å². The van der Waals surface area contributed by atoms with Crippen molar-refractivity contribution in [1.29, 1.82) is 0 Å². The SMILES string of the molecule is COCCOc1cccc(/C=C/C(=O)c2ccc3ccccc3c2)c1. The van der Waals surface area contributed by atoms with Gasteiger partial charge in [-0.05, 0) is 40.6 Å². The minimum absolute atomic E-state index is 0.0172. The van der Waals surface area contributed by atoms with Gasteiger partial charge in [0.1, 0.15) is 12.4 Å². The van der Waals surface area contributed by atoms with E-state index < -0.39 is 0 Å². The number of carbonyl (C=O) groups excluding carboxylic acids is 1. The van der Waals surface area contributed by atoms with Crippen LogP contribution in [-0.4, -0.2) is 26.1 Å². The van der Waals surface area contributed by atoms with E-state index in [1.165, 1.54) is 0 Å². The van der Waals surface area contributed by atoms with Crippen LogP contribution in [0.1, 0.15) is 15.9 Å². The fourth-order valence-corrected chi connectivity index (χ4v) is 2.56. The second-order valence-corrected chi connectivity index (χ2v) is 5.67. The number of fused-ring (bicyclic) bond motifs is 1. The van der Waals surface area contributed by atoms with Crippen LogP contribution in [0.5, 0.6) is 5.75 Å². The second-order valence-electron chi connectivity index (χ2n) is 5.67. The summed E-state index contributed by atoms with van der Waals surface area (Å²) in [6, 6.07) is 21.4. The Morgan fingerprint density at radius 2 is 1.76 bits per heavy atom. The highest BCUT2D eigenvalue weighted by atomic mass is 16.5. The third kappa shape index (κ3) is 4.55. The molecule has 0 aliphatic carbocycles. The number of benzene rings is 3. The lowest BCUT2D eigenvalue weighted by atomic mass is 10.0. The number of ether oxygens (including phenoxy) is 2. The average Bonchev–Trinajstić information content (AvgIpc) is 2.66. The average molecular weight is 332 g/mol. The van der Waals surface area contributed by atoms with Crippen molar-refractivity contribution in [2.75, 3.05) is 20.3 Å². The summed E-state index contributed by atoms with van der Waals surface area (Å²) in [5.74, 6) is 0.744. The third-order valence-electron chi connectivity index (χ3n) is 3.88. The molecule has 0 atom stereocenters. The van der Waals surface area contributed by atoms with Gasteiger partial charge in [-0.15, -0.1) is 0 Å². The maximum Gasteiger partial charge on any atom is 0.185 e. The fraction of sp³-hybridized carbons (Fsp3) is 0.136. The minimum Gasteiger partial charge on any atom is -0.491 e. The first kappa shape index (κ1) is 16.9. The van der Waals surface area contributed by atoms with Crippen LogP contribution in [0, 0.1) is 0 Å². The maximum absolute atomic E-state index is 12.4. The Hall–Kier alpha value is -2.91. The molecule has 3 nitrogen and oxygen atoms in total. The van der Waals surface area contributed by atoms with Gasteiger partial charge in [0.05, 0.1) is 6.61 Å². The molecule has 0 saturated heterocycles. The van der Waals surface area contributed by atoms with Gasteiger partial charge >= 0.3 is 0 Å². The Morgan fingerprint density at radius 1 is 0.920 bits per heavy atom. The molecule has 0 N–H and O–H groups in total. The van der Waals surface area contributed by atoms with Crippen molar-refractivity contribution in [2.45, 2.75) is 0 Å². The summed E-state index contributed by atoms with van der Waals surface area (Å²) in [4.78, 5) is 12.4. The van der Waals surface area contributed by atoms with Crippen molar-refractivity contribution in [3.8, 4) is 5.75 Å². The number of ketones is 1. The molecule has 0 aliphatic heterocycles. The van der Waals surface area contributed by atoms with Crippen LogP contribution in [0.25, 0.3) is 16.8 Å². The van der Waals surface area contributed by atoms with Crippen molar-refractivity contribution in [3.05, 3.63) is 83.9 Å². The summed E-state index contributed by atoms with van der Waals surface area (Å²) in [5.41, 5.74) is 1.60. The second kappa shape index (κ2) is 8.27. The lowest BCUT2D eigenvalue weighted by Gasteiger charge is -2.05. The van der Waals surface area contributed by atoms with Gasteiger partial charge in [0.15, 0.2) is 5.78 Å². The van der Waals surface area contributed by atoms with Gasteiger partial charge in [-0.25, -0.2) is 0 Å². The van der Waals surface area contributed by atoms with Crippen LogP contribution in [0.2, 0.25) is 0 Å². The molecule has 3 heteroatoms. The topological polar surface area (TPSA) is 35.5 Å². The summed E-state index contributed by atoms with van der Waals surface area (Å²) in [6.45, 7) is 1.04. The fourth-order valence-electron chi connectivity index (χ4n) is 2.56. The van der Waals surface area contributed by atoms with Crippen molar-refractivity contribution < 1.29 is 14.3 Å². The number of carbonyl (C=O) groups is 1. The lowest BCUT2D eigenvalue weighted by Crippen LogP contribution is -2.04. The molecule has 0 unspecified atom stereocenters. The lowest BCUT2D eigenvalue weighted by molar-refractivity contribution is 0.104. The monoisotopic (exact) mass is 332 g/mol. The molecule has 25 heavy (non-hydrogen) atoms. The normalized spacial score (nSPS) is 11.1. The van der Waals surface area contributed by atoms with E-state index in [1.807, 2.05) is 66.7 Å². The van der Waals surface area contributed by atoms with E-state index in [2.05, 4.69) is 0 Å². The Morgan fingerprint density at radius 3 is 2.60 bits per heavy atom. The number of hydrogen-bond donors (Lipinski definition) is 0. The molecule has 0 saturated carbocycles. The van der Waals surface area contributed by atoms with Gasteiger partial charge in [-0.2, -0.15) is 0 Å². The first-order valence-electron chi connectivity index (χ1n) is 8.19. The number of rotatable bonds is 7. The molecule has 0 bridgehead atoms. The molecule has 0 heterocycles. The van der Waals surface area contributed by atoms with E-state index in [4.69, 9.17) is 9.47 Å². The standard InChI is InChI=1S/C22H20O3/c1-24-13-14-25-21-8-4-5-17(15-21)9-12-22(23)20-11-10-18-6-2-3-7-19(18)16-20/h2-12,15-16H,13-14H2,1H3/b12-9+. The first-order chi connectivity index (χ1) is 12.3. The van der Waals surface area contributed by atoms with Crippen LogP contribution >= 0.6 is 0 Å². The minimum atomic E-state index is -0.0172. The number of methoxy groups -OCH3 is 1. The molecule has 0 amide bonds. The van der Waals surface area contributed by atoms with Crippen LogP contribution in [0.4, 0.5) is 0 Å². The van der Waals surface area contributed by atoms with Crippen molar-refractivity contribution in [2.24, 2.45) is 0 Å². The van der Waals surface area contributed by atoms with Gasteiger partial charge in [0, 0.05) is 12.7 Å². The Kier molecular flexibility index (Phi) is 5.60.